The molecule has 0 atom stereocenters. The molecule has 0 bridgehead atoms. The second-order valence-electron chi connectivity index (χ2n) is 5.64. The Kier molecular flexibility index (Phi) is 4.21. The summed E-state index contributed by atoms with van der Waals surface area (Å²) in [4.78, 5) is 0. The van der Waals surface area contributed by atoms with Crippen LogP contribution in [0.15, 0.2) is 24.3 Å². The Bertz CT molecular complexity index is 710. The van der Waals surface area contributed by atoms with Crippen molar-refractivity contribution in [2.45, 2.75) is 34.1 Å². The molecular weight excluding hydrogens is 252 g/mol. The number of benzene rings is 2. The van der Waals surface area contributed by atoms with Crippen molar-refractivity contribution in [2.75, 3.05) is 0 Å². The van der Waals surface area contributed by atoms with Crippen molar-refractivity contribution in [1.82, 2.24) is 0 Å². The molecule has 0 fully saturated rings. The minimum atomic E-state index is 0.853. The Balaban J connectivity index is 2.44. The van der Waals surface area contributed by atoms with Crippen LogP contribution in [0.25, 0.3) is 0 Å². The van der Waals surface area contributed by atoms with Gasteiger partial charge in [0.2, 0.25) is 0 Å². The third-order valence-electron chi connectivity index (χ3n) is 4.17. The lowest BCUT2D eigenvalue weighted by atomic mass is 9.93. The quantitative estimate of drug-likeness (QED) is 0.707. The van der Waals surface area contributed by atoms with Crippen molar-refractivity contribution in [1.29, 1.82) is 0 Å². The Morgan fingerprint density at radius 3 is 1.43 bits per heavy atom. The highest BCUT2D eigenvalue weighted by molar-refractivity contribution is 5.50. The van der Waals surface area contributed by atoms with Gasteiger partial charge in [-0.3, -0.25) is 0 Å². The number of hydrogen-bond donors (Lipinski definition) is 0. The highest BCUT2D eigenvalue weighted by atomic mass is 14.1. The molecule has 0 aromatic heterocycles. The van der Waals surface area contributed by atoms with E-state index >= 15 is 0 Å². The highest BCUT2D eigenvalue weighted by Gasteiger charge is 2.07. The van der Waals surface area contributed by atoms with Crippen LogP contribution < -0.4 is 0 Å². The molecule has 0 N–H and O–H groups in total. The Hall–Kier alpha value is -2.44. The van der Waals surface area contributed by atoms with Gasteiger partial charge in [0.15, 0.2) is 0 Å². The van der Waals surface area contributed by atoms with Crippen LogP contribution in [0, 0.1) is 52.4 Å². The first-order valence-corrected chi connectivity index (χ1v) is 7.09. The first-order chi connectivity index (χ1) is 9.96. The Morgan fingerprint density at radius 1 is 0.714 bits per heavy atom. The van der Waals surface area contributed by atoms with Gasteiger partial charge in [0.05, 0.1) is 0 Å². The van der Waals surface area contributed by atoms with E-state index in [9.17, 15) is 0 Å². The van der Waals surface area contributed by atoms with Gasteiger partial charge in [-0.25, -0.2) is 0 Å². The van der Waals surface area contributed by atoms with Crippen LogP contribution >= 0.6 is 0 Å². The molecule has 2 rings (SSSR count). The maximum absolute atomic E-state index is 5.59. The van der Waals surface area contributed by atoms with E-state index in [1.165, 1.54) is 33.4 Å². The second-order valence-corrected chi connectivity index (χ2v) is 5.64. The van der Waals surface area contributed by atoms with E-state index < -0.39 is 0 Å². The van der Waals surface area contributed by atoms with E-state index in [1.54, 1.807) is 0 Å². The molecule has 0 saturated carbocycles. The SMILES string of the molecule is C#Cc1cc(Cc2cc(C)c(C)c(C#C)c2)cc(C)c1C. The summed E-state index contributed by atoms with van der Waals surface area (Å²) in [5, 5.41) is 0. The summed E-state index contributed by atoms with van der Waals surface area (Å²) in [5.41, 5.74) is 9.27. The van der Waals surface area contributed by atoms with Gasteiger partial charge in [-0.1, -0.05) is 24.0 Å². The van der Waals surface area contributed by atoms with E-state index in [0.717, 1.165) is 17.5 Å². The van der Waals surface area contributed by atoms with Crippen molar-refractivity contribution in [3.05, 3.63) is 68.8 Å². The molecule has 21 heavy (non-hydrogen) atoms. The molecule has 2 aromatic rings. The maximum Gasteiger partial charge on any atom is 0.0277 e. The molecule has 0 heterocycles. The van der Waals surface area contributed by atoms with Crippen molar-refractivity contribution >= 4 is 0 Å². The molecule has 0 aliphatic rings. The molecule has 0 nitrogen and oxygen atoms in total. The average molecular weight is 272 g/mol. The number of aryl methyl sites for hydroxylation is 2. The van der Waals surface area contributed by atoms with Gasteiger partial charge in [0, 0.05) is 11.1 Å². The zero-order valence-electron chi connectivity index (χ0n) is 13.2. The normalized spacial score (nSPS) is 10.0. The van der Waals surface area contributed by atoms with Gasteiger partial charge < -0.3 is 0 Å². The largest absolute Gasteiger partial charge is 0.115 e. The monoisotopic (exact) mass is 272 g/mol. The van der Waals surface area contributed by atoms with Gasteiger partial charge in [-0.05, 0) is 79.6 Å². The van der Waals surface area contributed by atoms with Crippen molar-refractivity contribution in [2.24, 2.45) is 0 Å². The van der Waals surface area contributed by atoms with Crippen molar-refractivity contribution < 1.29 is 0 Å². The molecule has 0 spiro atoms. The lowest BCUT2D eigenvalue weighted by Gasteiger charge is -2.11. The molecule has 104 valence electrons. The number of hydrogen-bond acceptors (Lipinski definition) is 0. The zero-order chi connectivity index (χ0) is 15.6. The van der Waals surface area contributed by atoms with Gasteiger partial charge in [0.25, 0.3) is 0 Å². The molecule has 0 heteroatoms. The summed E-state index contributed by atoms with van der Waals surface area (Å²) in [6.07, 6.45) is 12.0. The topological polar surface area (TPSA) is 0 Å². The van der Waals surface area contributed by atoms with Crippen molar-refractivity contribution in [3.8, 4) is 24.7 Å². The van der Waals surface area contributed by atoms with Crippen molar-refractivity contribution in [3.63, 3.8) is 0 Å². The van der Waals surface area contributed by atoms with Crippen LogP contribution in [-0.2, 0) is 6.42 Å². The van der Waals surface area contributed by atoms with E-state index in [4.69, 9.17) is 12.8 Å². The fourth-order valence-electron chi connectivity index (χ4n) is 2.61. The molecule has 0 saturated heterocycles. The third-order valence-corrected chi connectivity index (χ3v) is 4.17. The molecule has 0 radical (unpaired) electrons. The Morgan fingerprint density at radius 2 is 1.10 bits per heavy atom. The summed E-state index contributed by atoms with van der Waals surface area (Å²) in [7, 11) is 0. The standard InChI is InChI=1S/C21H20/c1-7-20-12-18(9-14(3)16(20)5)11-19-10-15(4)17(6)21(8-2)13-19/h1-2,9-10,12-13H,11H2,3-6H3. The van der Waals surface area contributed by atoms with Gasteiger partial charge in [-0.2, -0.15) is 0 Å². The minimum absolute atomic E-state index is 0.853. The number of terminal acetylenes is 2. The van der Waals surface area contributed by atoms with Gasteiger partial charge in [-0.15, -0.1) is 12.8 Å². The Labute approximate surface area is 128 Å². The third kappa shape index (κ3) is 3.01. The summed E-state index contributed by atoms with van der Waals surface area (Å²) in [6, 6.07) is 8.63. The van der Waals surface area contributed by atoms with E-state index in [-0.39, 0.29) is 0 Å². The van der Waals surface area contributed by atoms with Crippen LogP contribution in [-0.4, -0.2) is 0 Å². The van der Waals surface area contributed by atoms with E-state index in [0.29, 0.717) is 0 Å². The first-order valence-electron chi connectivity index (χ1n) is 7.09. The fraction of sp³-hybridized carbons (Fsp3) is 0.238. The lowest BCUT2D eigenvalue weighted by molar-refractivity contribution is 1.14. The van der Waals surface area contributed by atoms with Gasteiger partial charge in [0.1, 0.15) is 0 Å². The van der Waals surface area contributed by atoms with Crippen LogP contribution in [0.3, 0.4) is 0 Å². The predicted molar refractivity (Wildman–Crippen MR) is 90.5 cm³/mol. The van der Waals surface area contributed by atoms with Gasteiger partial charge >= 0.3 is 0 Å². The van der Waals surface area contributed by atoms with Crippen LogP contribution in [0.5, 0.6) is 0 Å². The molecular formula is C21H20. The maximum atomic E-state index is 5.59. The highest BCUT2D eigenvalue weighted by Crippen LogP contribution is 2.21. The molecule has 0 aliphatic heterocycles. The first kappa shape index (κ1) is 15.0. The molecule has 2 aromatic carbocycles. The summed E-state index contributed by atoms with van der Waals surface area (Å²) in [5.74, 6) is 5.55. The summed E-state index contributed by atoms with van der Waals surface area (Å²) in [6.45, 7) is 8.35. The lowest BCUT2D eigenvalue weighted by Crippen LogP contribution is -1.97. The number of rotatable bonds is 2. The van der Waals surface area contributed by atoms with E-state index in [1.807, 2.05) is 0 Å². The molecule has 0 amide bonds. The summed E-state index contributed by atoms with van der Waals surface area (Å²) >= 11 is 0. The zero-order valence-corrected chi connectivity index (χ0v) is 13.2. The van der Waals surface area contributed by atoms with E-state index in [2.05, 4.69) is 63.8 Å². The van der Waals surface area contributed by atoms with Crippen LogP contribution in [0.4, 0.5) is 0 Å². The fourth-order valence-corrected chi connectivity index (χ4v) is 2.61. The summed E-state index contributed by atoms with van der Waals surface area (Å²) < 4.78 is 0. The van der Waals surface area contributed by atoms with Crippen LogP contribution in [0.1, 0.15) is 44.5 Å². The second kappa shape index (κ2) is 5.90. The molecule has 0 unspecified atom stereocenters. The predicted octanol–water partition coefficient (Wildman–Crippen LogP) is 4.47. The molecule has 0 aliphatic carbocycles. The average Bonchev–Trinajstić information content (AvgIpc) is 2.46. The minimum Gasteiger partial charge on any atom is -0.115 e. The smallest absolute Gasteiger partial charge is 0.0277 e. The van der Waals surface area contributed by atoms with Crippen LogP contribution in [0.2, 0.25) is 0 Å².